The van der Waals surface area contributed by atoms with Crippen molar-refractivity contribution < 1.29 is 4.39 Å². The zero-order valence-corrected chi connectivity index (χ0v) is 9.17. The molecule has 2 rings (SSSR count). The Morgan fingerprint density at radius 1 is 1.13 bits per heavy atom. The maximum atomic E-state index is 12.7. The summed E-state index contributed by atoms with van der Waals surface area (Å²) in [5, 5.41) is 3.49. The van der Waals surface area contributed by atoms with Crippen LogP contribution in [0.2, 0.25) is 0 Å². The van der Waals surface area contributed by atoms with Crippen LogP contribution < -0.4 is 5.32 Å². The van der Waals surface area contributed by atoms with Crippen LogP contribution in [-0.4, -0.2) is 6.04 Å². The van der Waals surface area contributed by atoms with Gasteiger partial charge in [-0.1, -0.05) is 19.8 Å². The van der Waals surface area contributed by atoms with Crippen LogP contribution in [0.3, 0.4) is 0 Å². The van der Waals surface area contributed by atoms with E-state index in [0.717, 1.165) is 11.6 Å². The Morgan fingerprint density at radius 2 is 1.80 bits per heavy atom. The molecule has 0 heterocycles. The first-order chi connectivity index (χ1) is 7.25. The summed E-state index contributed by atoms with van der Waals surface area (Å²) in [5.41, 5.74) is 1.04. The molecule has 1 aliphatic rings. The molecule has 0 aromatic heterocycles. The summed E-state index contributed by atoms with van der Waals surface area (Å²) in [5.74, 6) is 0.557. The van der Waals surface area contributed by atoms with Crippen molar-refractivity contribution in [3.05, 3.63) is 30.1 Å². The quantitative estimate of drug-likeness (QED) is 0.777. The van der Waals surface area contributed by atoms with Gasteiger partial charge in [0.1, 0.15) is 5.82 Å². The summed E-state index contributed by atoms with van der Waals surface area (Å²) in [4.78, 5) is 0. The molecule has 1 aromatic rings. The lowest BCUT2D eigenvalue weighted by Crippen LogP contribution is -2.30. The molecule has 0 bridgehead atoms. The Bertz CT molecular complexity index is 307. The van der Waals surface area contributed by atoms with Gasteiger partial charge in [0, 0.05) is 11.7 Å². The Kier molecular flexibility index (Phi) is 3.24. The van der Waals surface area contributed by atoms with E-state index in [1.807, 2.05) is 12.1 Å². The van der Waals surface area contributed by atoms with Crippen LogP contribution in [0.4, 0.5) is 10.1 Å². The van der Waals surface area contributed by atoms with Crippen molar-refractivity contribution in [2.24, 2.45) is 5.92 Å². The van der Waals surface area contributed by atoms with E-state index in [-0.39, 0.29) is 5.82 Å². The summed E-state index contributed by atoms with van der Waals surface area (Å²) < 4.78 is 12.7. The third-order valence-corrected chi connectivity index (χ3v) is 3.31. The molecule has 0 unspecified atom stereocenters. The fourth-order valence-corrected chi connectivity index (χ4v) is 2.29. The van der Waals surface area contributed by atoms with E-state index in [9.17, 15) is 4.39 Å². The number of hydrogen-bond donors (Lipinski definition) is 1. The van der Waals surface area contributed by atoms with Crippen LogP contribution >= 0.6 is 0 Å². The SMILES string of the molecule is C[C@H]1CCCC[C@@H]1Nc1ccc(F)cc1. The molecule has 0 spiro atoms. The lowest BCUT2D eigenvalue weighted by atomic mass is 9.86. The van der Waals surface area contributed by atoms with Crippen LogP contribution in [-0.2, 0) is 0 Å². The highest BCUT2D eigenvalue weighted by Gasteiger charge is 2.20. The highest BCUT2D eigenvalue weighted by atomic mass is 19.1. The second-order valence-electron chi connectivity index (χ2n) is 4.52. The van der Waals surface area contributed by atoms with Gasteiger partial charge < -0.3 is 5.32 Å². The highest BCUT2D eigenvalue weighted by Crippen LogP contribution is 2.26. The summed E-state index contributed by atoms with van der Waals surface area (Å²) in [6.07, 6.45) is 5.20. The third kappa shape index (κ3) is 2.71. The van der Waals surface area contributed by atoms with Gasteiger partial charge in [0.15, 0.2) is 0 Å². The summed E-state index contributed by atoms with van der Waals surface area (Å²) >= 11 is 0. The van der Waals surface area contributed by atoms with Gasteiger partial charge in [0.25, 0.3) is 0 Å². The first-order valence-electron chi connectivity index (χ1n) is 5.78. The van der Waals surface area contributed by atoms with Crippen LogP contribution in [0.15, 0.2) is 24.3 Å². The third-order valence-electron chi connectivity index (χ3n) is 3.31. The van der Waals surface area contributed by atoms with E-state index in [0.29, 0.717) is 6.04 Å². The van der Waals surface area contributed by atoms with Crippen molar-refractivity contribution in [2.45, 2.75) is 38.6 Å². The van der Waals surface area contributed by atoms with Gasteiger partial charge in [-0.25, -0.2) is 4.39 Å². The number of anilines is 1. The normalized spacial score (nSPS) is 26.3. The number of nitrogens with one attached hydrogen (secondary N) is 1. The predicted molar refractivity (Wildman–Crippen MR) is 61.4 cm³/mol. The van der Waals surface area contributed by atoms with Gasteiger partial charge in [0.2, 0.25) is 0 Å². The number of rotatable bonds is 2. The van der Waals surface area contributed by atoms with Crippen LogP contribution in [0.1, 0.15) is 32.6 Å². The van der Waals surface area contributed by atoms with Crippen LogP contribution in [0.25, 0.3) is 0 Å². The second kappa shape index (κ2) is 4.65. The standard InChI is InChI=1S/C13H18FN/c1-10-4-2-3-5-13(10)15-12-8-6-11(14)7-9-12/h6-10,13,15H,2-5H2,1H3/t10-,13-/m0/s1. The topological polar surface area (TPSA) is 12.0 Å². The monoisotopic (exact) mass is 207 g/mol. The van der Waals surface area contributed by atoms with Gasteiger partial charge >= 0.3 is 0 Å². The van der Waals surface area contributed by atoms with E-state index in [1.165, 1.54) is 37.8 Å². The number of benzene rings is 1. The first-order valence-corrected chi connectivity index (χ1v) is 5.78. The second-order valence-corrected chi connectivity index (χ2v) is 4.52. The van der Waals surface area contributed by atoms with Gasteiger partial charge in [-0.15, -0.1) is 0 Å². The molecule has 1 aromatic carbocycles. The molecule has 0 saturated heterocycles. The largest absolute Gasteiger partial charge is 0.382 e. The molecule has 0 aliphatic heterocycles. The average molecular weight is 207 g/mol. The van der Waals surface area contributed by atoms with Gasteiger partial charge in [-0.05, 0) is 43.0 Å². The van der Waals surface area contributed by atoms with E-state index < -0.39 is 0 Å². The van der Waals surface area contributed by atoms with Crippen LogP contribution in [0, 0.1) is 11.7 Å². The molecule has 82 valence electrons. The van der Waals surface area contributed by atoms with E-state index >= 15 is 0 Å². The highest BCUT2D eigenvalue weighted by molar-refractivity contribution is 5.43. The summed E-state index contributed by atoms with van der Waals surface area (Å²) in [6, 6.07) is 7.21. The Hall–Kier alpha value is -1.05. The molecule has 2 heteroatoms. The molecule has 0 radical (unpaired) electrons. The smallest absolute Gasteiger partial charge is 0.123 e. The molecule has 1 saturated carbocycles. The minimum atomic E-state index is -0.169. The van der Waals surface area contributed by atoms with Crippen LogP contribution in [0.5, 0.6) is 0 Å². The Morgan fingerprint density at radius 3 is 2.47 bits per heavy atom. The predicted octanol–water partition coefficient (Wildman–Crippen LogP) is 3.82. The Balaban J connectivity index is 1.98. The fourth-order valence-electron chi connectivity index (χ4n) is 2.29. The van der Waals surface area contributed by atoms with E-state index in [1.54, 1.807) is 0 Å². The number of hydrogen-bond acceptors (Lipinski definition) is 1. The molecule has 0 amide bonds. The maximum Gasteiger partial charge on any atom is 0.123 e. The average Bonchev–Trinajstić information content (AvgIpc) is 2.25. The lowest BCUT2D eigenvalue weighted by Gasteiger charge is -2.30. The minimum Gasteiger partial charge on any atom is -0.382 e. The van der Waals surface area contributed by atoms with Crippen molar-refractivity contribution in [1.29, 1.82) is 0 Å². The van der Waals surface area contributed by atoms with E-state index in [2.05, 4.69) is 12.2 Å². The van der Waals surface area contributed by atoms with Gasteiger partial charge in [-0.2, -0.15) is 0 Å². The van der Waals surface area contributed by atoms with Gasteiger partial charge in [0.05, 0.1) is 0 Å². The molecule has 1 N–H and O–H groups in total. The lowest BCUT2D eigenvalue weighted by molar-refractivity contribution is 0.349. The Labute approximate surface area is 90.7 Å². The molecule has 15 heavy (non-hydrogen) atoms. The zero-order valence-electron chi connectivity index (χ0n) is 9.17. The van der Waals surface area contributed by atoms with Crippen molar-refractivity contribution in [2.75, 3.05) is 5.32 Å². The minimum absolute atomic E-state index is 0.169. The van der Waals surface area contributed by atoms with E-state index in [4.69, 9.17) is 0 Å². The van der Waals surface area contributed by atoms with Crippen molar-refractivity contribution >= 4 is 5.69 Å². The fraction of sp³-hybridized carbons (Fsp3) is 0.538. The first kappa shape index (κ1) is 10.5. The van der Waals surface area contributed by atoms with Crippen molar-refractivity contribution in [3.63, 3.8) is 0 Å². The van der Waals surface area contributed by atoms with Crippen molar-refractivity contribution in [1.82, 2.24) is 0 Å². The molecule has 1 aliphatic carbocycles. The molecule has 1 nitrogen and oxygen atoms in total. The molecule has 1 fully saturated rings. The molecular weight excluding hydrogens is 189 g/mol. The number of halogens is 1. The van der Waals surface area contributed by atoms with Gasteiger partial charge in [-0.3, -0.25) is 0 Å². The molecule has 2 atom stereocenters. The summed E-state index contributed by atoms with van der Waals surface area (Å²) in [7, 11) is 0. The zero-order chi connectivity index (χ0) is 10.7. The summed E-state index contributed by atoms with van der Waals surface area (Å²) in [6.45, 7) is 2.29. The van der Waals surface area contributed by atoms with Crippen molar-refractivity contribution in [3.8, 4) is 0 Å². The maximum absolute atomic E-state index is 12.7. The molecular formula is C13H18FN.